The summed E-state index contributed by atoms with van der Waals surface area (Å²) < 4.78 is 0. The minimum absolute atomic E-state index is 0.349. The summed E-state index contributed by atoms with van der Waals surface area (Å²) in [5.74, 6) is 0.474. The number of likely N-dealkylation sites (N-methyl/N-ethyl adjacent to an activating group) is 1. The SMILES string of the molecule is CN(C)[C@@H]1CN(C2CCCCCC2)CC[C@@H]1CO. The van der Waals surface area contributed by atoms with Crippen LogP contribution in [0.1, 0.15) is 44.9 Å². The third kappa shape index (κ3) is 3.46. The number of piperidine rings is 1. The summed E-state index contributed by atoms with van der Waals surface area (Å²) in [6.07, 6.45) is 9.64. The first-order valence-electron chi connectivity index (χ1n) is 7.73. The molecule has 0 amide bonds. The molecule has 3 heteroatoms. The Morgan fingerprint density at radius 3 is 2.28 bits per heavy atom. The second-order valence-electron chi connectivity index (χ2n) is 6.40. The normalized spacial score (nSPS) is 32.7. The van der Waals surface area contributed by atoms with Crippen LogP contribution in [0.3, 0.4) is 0 Å². The van der Waals surface area contributed by atoms with Crippen LogP contribution >= 0.6 is 0 Å². The van der Waals surface area contributed by atoms with Gasteiger partial charge in [0, 0.05) is 25.2 Å². The largest absolute Gasteiger partial charge is 0.396 e. The van der Waals surface area contributed by atoms with Gasteiger partial charge in [-0.2, -0.15) is 0 Å². The maximum Gasteiger partial charge on any atom is 0.0475 e. The number of likely N-dealkylation sites (tertiary alicyclic amines) is 1. The molecule has 1 N–H and O–H groups in total. The van der Waals surface area contributed by atoms with Crippen molar-refractivity contribution in [1.82, 2.24) is 9.80 Å². The van der Waals surface area contributed by atoms with Crippen molar-refractivity contribution in [3.63, 3.8) is 0 Å². The first kappa shape index (κ1) is 14.3. The molecule has 1 aliphatic carbocycles. The predicted octanol–water partition coefficient (Wildman–Crippen LogP) is 1.95. The summed E-state index contributed by atoms with van der Waals surface area (Å²) in [7, 11) is 4.31. The van der Waals surface area contributed by atoms with Crippen molar-refractivity contribution < 1.29 is 5.11 Å². The van der Waals surface area contributed by atoms with Gasteiger partial charge in [0.05, 0.1) is 0 Å². The molecule has 0 aromatic heterocycles. The molecule has 0 aromatic rings. The molecule has 0 unspecified atom stereocenters. The van der Waals surface area contributed by atoms with E-state index >= 15 is 0 Å². The van der Waals surface area contributed by atoms with Crippen LogP contribution in [0.4, 0.5) is 0 Å². The summed E-state index contributed by atoms with van der Waals surface area (Å²) >= 11 is 0. The second-order valence-corrected chi connectivity index (χ2v) is 6.40. The van der Waals surface area contributed by atoms with Gasteiger partial charge in [-0.25, -0.2) is 0 Å². The van der Waals surface area contributed by atoms with Gasteiger partial charge in [0.1, 0.15) is 0 Å². The number of hydrogen-bond acceptors (Lipinski definition) is 3. The fraction of sp³-hybridized carbons (Fsp3) is 1.00. The quantitative estimate of drug-likeness (QED) is 0.780. The van der Waals surface area contributed by atoms with Crippen LogP contribution in [0.2, 0.25) is 0 Å². The molecule has 2 rings (SSSR count). The van der Waals surface area contributed by atoms with Crippen molar-refractivity contribution >= 4 is 0 Å². The molecule has 0 radical (unpaired) electrons. The minimum Gasteiger partial charge on any atom is -0.396 e. The van der Waals surface area contributed by atoms with Gasteiger partial charge in [0.2, 0.25) is 0 Å². The number of aliphatic hydroxyl groups is 1. The third-order valence-corrected chi connectivity index (χ3v) is 4.99. The van der Waals surface area contributed by atoms with Gasteiger partial charge in [-0.1, -0.05) is 25.7 Å². The van der Waals surface area contributed by atoms with Gasteiger partial charge in [-0.3, -0.25) is 4.90 Å². The van der Waals surface area contributed by atoms with Crippen LogP contribution in [0, 0.1) is 5.92 Å². The van der Waals surface area contributed by atoms with Gasteiger partial charge in [0.15, 0.2) is 0 Å². The van der Waals surface area contributed by atoms with E-state index in [1.165, 1.54) is 45.1 Å². The molecular formula is C15H30N2O. The van der Waals surface area contributed by atoms with Crippen LogP contribution in [-0.2, 0) is 0 Å². The molecule has 3 nitrogen and oxygen atoms in total. The summed E-state index contributed by atoms with van der Waals surface area (Å²) in [4.78, 5) is 5.02. The monoisotopic (exact) mass is 254 g/mol. The van der Waals surface area contributed by atoms with E-state index in [2.05, 4.69) is 23.9 Å². The molecule has 2 aliphatic rings. The maximum absolute atomic E-state index is 9.51. The molecule has 1 saturated heterocycles. The first-order valence-corrected chi connectivity index (χ1v) is 7.73. The van der Waals surface area contributed by atoms with Crippen molar-refractivity contribution in [3.8, 4) is 0 Å². The molecule has 0 aromatic carbocycles. The van der Waals surface area contributed by atoms with Gasteiger partial charge >= 0.3 is 0 Å². The van der Waals surface area contributed by atoms with Gasteiger partial charge in [-0.15, -0.1) is 0 Å². The zero-order valence-electron chi connectivity index (χ0n) is 12.1. The number of hydrogen-bond donors (Lipinski definition) is 1. The van der Waals surface area contributed by atoms with Gasteiger partial charge in [0.25, 0.3) is 0 Å². The van der Waals surface area contributed by atoms with E-state index in [9.17, 15) is 5.11 Å². The average molecular weight is 254 g/mol. The minimum atomic E-state index is 0.349. The Morgan fingerprint density at radius 2 is 1.72 bits per heavy atom. The molecule has 1 heterocycles. The Labute approximate surface area is 112 Å². The van der Waals surface area contributed by atoms with E-state index in [0.717, 1.165) is 19.0 Å². The van der Waals surface area contributed by atoms with Crippen LogP contribution in [0.25, 0.3) is 0 Å². The van der Waals surface area contributed by atoms with Gasteiger partial charge in [-0.05, 0) is 45.8 Å². The summed E-state index contributed by atoms with van der Waals surface area (Å²) in [6.45, 7) is 2.70. The molecule has 1 aliphatic heterocycles. The lowest BCUT2D eigenvalue weighted by molar-refractivity contribution is 0.0261. The molecule has 2 atom stereocenters. The molecule has 106 valence electrons. The standard InChI is InChI=1S/C15H30N2O/c1-16(2)15-11-17(10-9-13(15)12-18)14-7-5-3-4-6-8-14/h13-15,18H,3-12H2,1-2H3/t13-,15-/m1/s1. The lowest BCUT2D eigenvalue weighted by atomic mass is 9.89. The number of rotatable bonds is 3. The molecular weight excluding hydrogens is 224 g/mol. The van der Waals surface area contributed by atoms with Crippen molar-refractivity contribution in [1.29, 1.82) is 0 Å². The fourth-order valence-corrected chi connectivity index (χ4v) is 3.76. The van der Waals surface area contributed by atoms with E-state index in [0.29, 0.717) is 18.6 Å². The third-order valence-electron chi connectivity index (χ3n) is 4.99. The lowest BCUT2D eigenvalue weighted by Gasteiger charge is -2.44. The highest BCUT2D eigenvalue weighted by Gasteiger charge is 2.33. The maximum atomic E-state index is 9.51. The van der Waals surface area contributed by atoms with Crippen LogP contribution in [0.15, 0.2) is 0 Å². The smallest absolute Gasteiger partial charge is 0.0475 e. The summed E-state index contributed by atoms with van der Waals surface area (Å²) in [6, 6.07) is 1.35. The Bertz CT molecular complexity index is 237. The number of nitrogens with zero attached hydrogens (tertiary/aromatic N) is 2. The fourth-order valence-electron chi connectivity index (χ4n) is 3.76. The Hall–Kier alpha value is -0.120. The lowest BCUT2D eigenvalue weighted by Crippen LogP contribution is -2.54. The Kier molecular flexibility index (Phi) is 5.46. The summed E-state index contributed by atoms with van der Waals surface area (Å²) in [5.41, 5.74) is 0. The van der Waals surface area contributed by atoms with E-state index in [1.807, 2.05) is 0 Å². The van der Waals surface area contributed by atoms with E-state index in [4.69, 9.17) is 0 Å². The van der Waals surface area contributed by atoms with Crippen LogP contribution in [0.5, 0.6) is 0 Å². The zero-order chi connectivity index (χ0) is 13.0. The van der Waals surface area contributed by atoms with E-state index < -0.39 is 0 Å². The predicted molar refractivity (Wildman–Crippen MR) is 75.7 cm³/mol. The van der Waals surface area contributed by atoms with Gasteiger partial charge < -0.3 is 10.0 Å². The van der Waals surface area contributed by atoms with E-state index in [-0.39, 0.29) is 0 Å². The second kappa shape index (κ2) is 6.88. The van der Waals surface area contributed by atoms with Crippen molar-refractivity contribution in [3.05, 3.63) is 0 Å². The molecule has 0 bridgehead atoms. The molecule has 1 saturated carbocycles. The van der Waals surface area contributed by atoms with Crippen molar-refractivity contribution in [2.75, 3.05) is 33.8 Å². The van der Waals surface area contributed by atoms with E-state index in [1.54, 1.807) is 0 Å². The average Bonchev–Trinajstić information content (AvgIpc) is 2.66. The highest BCUT2D eigenvalue weighted by Crippen LogP contribution is 2.27. The zero-order valence-corrected chi connectivity index (χ0v) is 12.1. The van der Waals surface area contributed by atoms with Crippen LogP contribution < -0.4 is 0 Å². The molecule has 2 fully saturated rings. The van der Waals surface area contributed by atoms with Crippen molar-refractivity contribution in [2.24, 2.45) is 5.92 Å². The Morgan fingerprint density at radius 1 is 1.06 bits per heavy atom. The molecule has 18 heavy (non-hydrogen) atoms. The first-order chi connectivity index (χ1) is 8.72. The van der Waals surface area contributed by atoms with Crippen molar-refractivity contribution in [2.45, 2.75) is 57.0 Å². The highest BCUT2D eigenvalue weighted by atomic mass is 16.3. The highest BCUT2D eigenvalue weighted by molar-refractivity contribution is 4.88. The topological polar surface area (TPSA) is 26.7 Å². The molecule has 0 spiro atoms. The summed E-state index contributed by atoms with van der Waals surface area (Å²) in [5, 5.41) is 9.51. The Balaban J connectivity index is 1.93. The number of aliphatic hydroxyl groups excluding tert-OH is 1. The van der Waals surface area contributed by atoms with Crippen LogP contribution in [-0.4, -0.2) is 60.8 Å².